The maximum atomic E-state index is 12.3. The van der Waals surface area contributed by atoms with Crippen LogP contribution in [0.2, 0.25) is 10.0 Å². The van der Waals surface area contributed by atoms with Gasteiger partial charge in [0.15, 0.2) is 0 Å². The molecular weight excluding hydrogens is 391 g/mol. The summed E-state index contributed by atoms with van der Waals surface area (Å²) in [6.07, 6.45) is 3.64. The summed E-state index contributed by atoms with van der Waals surface area (Å²) in [4.78, 5) is 14.8. The fraction of sp³-hybridized carbons (Fsp3) is 0.435. The standard InChI is InChI=1S/C23H28Cl2N2O/c1-16-4-3-13-27(15-16)20-9-7-19(8-10-20)17(2)26-23(28)12-6-18-5-11-21(24)22(25)14-18/h5,7-11,14,16-17H,3-4,6,12-13,15H2,1-2H3,(H,26,28)/t16-,17+/m1/s1. The van der Waals surface area contributed by atoms with Gasteiger partial charge in [0.05, 0.1) is 16.1 Å². The molecule has 0 aromatic heterocycles. The van der Waals surface area contributed by atoms with Crippen LogP contribution in [0.4, 0.5) is 5.69 Å². The molecule has 0 saturated carbocycles. The first-order valence-corrected chi connectivity index (χ1v) is 10.8. The lowest BCUT2D eigenvalue weighted by Gasteiger charge is -2.33. The van der Waals surface area contributed by atoms with Gasteiger partial charge >= 0.3 is 0 Å². The third-order valence-corrected chi connectivity index (χ3v) is 6.16. The molecule has 1 saturated heterocycles. The van der Waals surface area contributed by atoms with Gasteiger partial charge in [-0.25, -0.2) is 0 Å². The molecule has 1 aliphatic heterocycles. The Morgan fingerprint density at radius 3 is 2.61 bits per heavy atom. The summed E-state index contributed by atoms with van der Waals surface area (Å²) < 4.78 is 0. The molecule has 3 rings (SSSR count). The first-order valence-electron chi connectivity index (χ1n) is 10.0. The minimum atomic E-state index is -0.0179. The zero-order chi connectivity index (χ0) is 20.1. The number of piperidine rings is 1. The molecule has 1 amide bonds. The van der Waals surface area contributed by atoms with Gasteiger partial charge in [0.1, 0.15) is 0 Å². The van der Waals surface area contributed by atoms with E-state index in [4.69, 9.17) is 23.2 Å². The van der Waals surface area contributed by atoms with Crippen LogP contribution in [0.25, 0.3) is 0 Å². The molecule has 1 aliphatic rings. The second-order valence-electron chi connectivity index (χ2n) is 7.82. The van der Waals surface area contributed by atoms with Crippen molar-refractivity contribution in [1.82, 2.24) is 5.32 Å². The predicted molar refractivity (Wildman–Crippen MR) is 118 cm³/mol. The van der Waals surface area contributed by atoms with E-state index in [-0.39, 0.29) is 11.9 Å². The molecule has 0 spiro atoms. The summed E-state index contributed by atoms with van der Waals surface area (Å²) in [5.41, 5.74) is 3.41. The number of carbonyl (C=O) groups is 1. The Hall–Kier alpha value is -1.71. The van der Waals surface area contributed by atoms with Crippen LogP contribution >= 0.6 is 23.2 Å². The average Bonchev–Trinajstić information content (AvgIpc) is 2.69. The van der Waals surface area contributed by atoms with Crippen molar-refractivity contribution in [1.29, 1.82) is 0 Å². The topological polar surface area (TPSA) is 32.3 Å². The number of anilines is 1. The number of rotatable bonds is 6. The molecule has 3 nitrogen and oxygen atoms in total. The van der Waals surface area contributed by atoms with Gasteiger partial charge in [-0.2, -0.15) is 0 Å². The lowest BCUT2D eigenvalue weighted by molar-refractivity contribution is -0.121. The van der Waals surface area contributed by atoms with E-state index in [0.717, 1.165) is 30.1 Å². The highest BCUT2D eigenvalue weighted by Gasteiger charge is 2.17. The fourth-order valence-corrected chi connectivity index (χ4v) is 4.07. The van der Waals surface area contributed by atoms with Crippen LogP contribution in [0.3, 0.4) is 0 Å². The van der Waals surface area contributed by atoms with E-state index in [2.05, 4.69) is 41.4 Å². The van der Waals surface area contributed by atoms with Gasteiger partial charge in [-0.3, -0.25) is 4.79 Å². The molecule has 2 aromatic carbocycles. The van der Waals surface area contributed by atoms with Crippen molar-refractivity contribution >= 4 is 34.8 Å². The highest BCUT2D eigenvalue weighted by molar-refractivity contribution is 6.42. The molecule has 5 heteroatoms. The number of hydrogen-bond donors (Lipinski definition) is 1. The molecule has 2 aromatic rings. The first kappa shape index (κ1) is 21.0. The molecular formula is C23H28Cl2N2O. The van der Waals surface area contributed by atoms with Crippen molar-refractivity contribution in [2.24, 2.45) is 5.92 Å². The minimum Gasteiger partial charge on any atom is -0.371 e. The summed E-state index contributed by atoms with van der Waals surface area (Å²) in [6.45, 7) is 6.59. The van der Waals surface area contributed by atoms with E-state index in [1.807, 2.05) is 19.1 Å². The Balaban J connectivity index is 1.51. The van der Waals surface area contributed by atoms with E-state index >= 15 is 0 Å². The van der Waals surface area contributed by atoms with Crippen LogP contribution in [0.5, 0.6) is 0 Å². The maximum absolute atomic E-state index is 12.3. The van der Waals surface area contributed by atoms with Gasteiger partial charge in [-0.05, 0) is 67.5 Å². The van der Waals surface area contributed by atoms with Gasteiger partial charge in [0.25, 0.3) is 0 Å². The van der Waals surface area contributed by atoms with Gasteiger partial charge in [0.2, 0.25) is 5.91 Å². The largest absolute Gasteiger partial charge is 0.371 e. The molecule has 28 heavy (non-hydrogen) atoms. The normalized spacial score (nSPS) is 18.0. The second-order valence-corrected chi connectivity index (χ2v) is 8.64. The molecule has 0 bridgehead atoms. The monoisotopic (exact) mass is 418 g/mol. The van der Waals surface area contributed by atoms with Gasteiger partial charge in [0, 0.05) is 25.2 Å². The molecule has 1 N–H and O–H groups in total. The Morgan fingerprint density at radius 1 is 1.18 bits per heavy atom. The zero-order valence-corrected chi connectivity index (χ0v) is 18.1. The third-order valence-electron chi connectivity index (χ3n) is 5.42. The van der Waals surface area contributed by atoms with Crippen molar-refractivity contribution in [2.45, 2.75) is 45.6 Å². The van der Waals surface area contributed by atoms with Crippen molar-refractivity contribution < 1.29 is 4.79 Å². The summed E-state index contributed by atoms with van der Waals surface area (Å²) in [7, 11) is 0. The molecule has 1 heterocycles. The number of hydrogen-bond acceptors (Lipinski definition) is 2. The Kier molecular flexibility index (Phi) is 7.25. The molecule has 0 unspecified atom stereocenters. The number of amides is 1. The van der Waals surface area contributed by atoms with Crippen LogP contribution in [0.15, 0.2) is 42.5 Å². The Bertz CT molecular complexity index is 807. The summed E-state index contributed by atoms with van der Waals surface area (Å²) >= 11 is 12.0. The average molecular weight is 419 g/mol. The lowest BCUT2D eigenvalue weighted by atomic mass is 9.99. The second kappa shape index (κ2) is 9.67. The Morgan fingerprint density at radius 2 is 1.93 bits per heavy atom. The van der Waals surface area contributed by atoms with Crippen LogP contribution in [0.1, 0.15) is 50.3 Å². The van der Waals surface area contributed by atoms with Crippen molar-refractivity contribution in [3.8, 4) is 0 Å². The SMILES string of the molecule is C[C@@H]1CCCN(c2ccc([C@H](C)NC(=O)CCc3ccc(Cl)c(Cl)c3)cc2)C1. The smallest absolute Gasteiger partial charge is 0.220 e. The van der Waals surface area contributed by atoms with Gasteiger partial charge in [-0.1, -0.05) is 48.3 Å². The van der Waals surface area contributed by atoms with Gasteiger partial charge < -0.3 is 10.2 Å². The minimum absolute atomic E-state index is 0.0179. The van der Waals surface area contributed by atoms with E-state index in [1.54, 1.807) is 6.07 Å². The lowest BCUT2D eigenvalue weighted by Crippen LogP contribution is -2.34. The molecule has 2 atom stereocenters. The van der Waals surface area contributed by atoms with E-state index in [1.165, 1.54) is 18.5 Å². The van der Waals surface area contributed by atoms with E-state index < -0.39 is 0 Å². The van der Waals surface area contributed by atoms with E-state index in [0.29, 0.717) is 22.9 Å². The summed E-state index contributed by atoms with van der Waals surface area (Å²) in [5, 5.41) is 4.14. The summed E-state index contributed by atoms with van der Waals surface area (Å²) in [5.74, 6) is 0.787. The highest BCUT2D eigenvalue weighted by Crippen LogP contribution is 2.25. The molecule has 0 radical (unpaired) electrons. The van der Waals surface area contributed by atoms with Crippen LogP contribution in [0, 0.1) is 5.92 Å². The van der Waals surface area contributed by atoms with Crippen molar-refractivity contribution in [3.05, 3.63) is 63.6 Å². The quantitative estimate of drug-likeness (QED) is 0.619. The number of nitrogens with zero attached hydrogens (tertiary/aromatic N) is 1. The third kappa shape index (κ3) is 5.65. The number of halogens is 2. The zero-order valence-electron chi connectivity index (χ0n) is 16.6. The highest BCUT2D eigenvalue weighted by atomic mass is 35.5. The van der Waals surface area contributed by atoms with E-state index in [9.17, 15) is 4.79 Å². The van der Waals surface area contributed by atoms with Crippen LogP contribution in [-0.2, 0) is 11.2 Å². The molecule has 150 valence electrons. The number of nitrogens with one attached hydrogen (secondary N) is 1. The molecule has 1 fully saturated rings. The fourth-order valence-electron chi connectivity index (χ4n) is 3.75. The predicted octanol–water partition coefficient (Wildman–Crippen LogP) is 6.04. The number of aryl methyl sites for hydroxylation is 1. The number of carbonyl (C=O) groups excluding carboxylic acids is 1. The Labute approximate surface area is 178 Å². The van der Waals surface area contributed by atoms with Crippen LogP contribution < -0.4 is 10.2 Å². The van der Waals surface area contributed by atoms with Gasteiger partial charge in [-0.15, -0.1) is 0 Å². The van der Waals surface area contributed by atoms with Crippen molar-refractivity contribution in [2.75, 3.05) is 18.0 Å². The summed E-state index contributed by atoms with van der Waals surface area (Å²) in [6, 6.07) is 14.1. The number of benzene rings is 2. The van der Waals surface area contributed by atoms with Crippen LogP contribution in [-0.4, -0.2) is 19.0 Å². The molecule has 0 aliphatic carbocycles. The van der Waals surface area contributed by atoms with Crippen molar-refractivity contribution in [3.63, 3.8) is 0 Å². The maximum Gasteiger partial charge on any atom is 0.220 e. The first-order chi connectivity index (χ1) is 13.4.